The van der Waals surface area contributed by atoms with E-state index in [9.17, 15) is 0 Å². The van der Waals surface area contributed by atoms with Gasteiger partial charge in [-0.1, -0.05) is 152 Å². The quantitative estimate of drug-likeness (QED) is 0.169. The minimum Gasteiger partial charge on any atom is -0.139 e. The maximum Gasteiger partial charge on any atom is 0.0976 e. The van der Waals surface area contributed by atoms with Gasteiger partial charge in [-0.3, -0.25) is 0 Å². The van der Waals surface area contributed by atoms with E-state index in [-0.39, 0.29) is 0 Å². The fourth-order valence-corrected chi connectivity index (χ4v) is 10.5. The second-order valence-corrected chi connectivity index (χ2v) is 16.3. The van der Waals surface area contributed by atoms with Crippen molar-refractivity contribution in [1.82, 2.24) is 15.4 Å². The summed E-state index contributed by atoms with van der Waals surface area (Å²) in [6, 6.07) is 61.9. The van der Waals surface area contributed by atoms with Gasteiger partial charge in [-0.15, -0.1) is 21.5 Å². The van der Waals surface area contributed by atoms with Crippen LogP contribution in [0.4, 0.5) is 0 Å². The highest BCUT2D eigenvalue weighted by atomic mass is 32.1. The monoisotopic (exact) mass is 759 g/mol. The normalized spacial score (nSPS) is 11.9. The minimum absolute atomic E-state index is 0.779. The molecule has 0 aliphatic heterocycles. The lowest BCUT2D eigenvalue weighted by Gasteiger charge is -2.25. The molecule has 0 saturated heterocycles. The second kappa shape index (κ2) is 13.9. The van der Waals surface area contributed by atoms with E-state index in [0.29, 0.717) is 0 Å². The highest BCUT2D eigenvalue weighted by Crippen LogP contribution is 2.54. The minimum atomic E-state index is 0.779. The Kier molecular flexibility index (Phi) is 8.19. The first kappa shape index (κ1) is 34.3. The van der Waals surface area contributed by atoms with Gasteiger partial charge in [-0.25, -0.2) is 0 Å². The lowest BCUT2D eigenvalue weighted by molar-refractivity contribution is 0.871. The summed E-state index contributed by atoms with van der Waals surface area (Å²) in [7, 11) is 0. The van der Waals surface area contributed by atoms with Gasteiger partial charge in [0, 0.05) is 31.3 Å². The Bertz CT molecular complexity index is 3200. The molecule has 2 aromatic heterocycles. The smallest absolute Gasteiger partial charge is 0.0976 e. The molecule has 1 aliphatic rings. The van der Waals surface area contributed by atoms with Crippen LogP contribution in [0, 0.1) is 13.8 Å². The molecule has 2 heterocycles. The Balaban J connectivity index is 1.33. The molecule has 274 valence electrons. The van der Waals surface area contributed by atoms with Gasteiger partial charge >= 0.3 is 0 Å². The summed E-state index contributed by atoms with van der Waals surface area (Å²) in [5.74, 6) is 0. The third-order valence-electron chi connectivity index (χ3n) is 12.0. The van der Waals surface area contributed by atoms with Crippen molar-refractivity contribution in [2.75, 3.05) is 0 Å². The van der Waals surface area contributed by atoms with Crippen molar-refractivity contribution in [2.45, 2.75) is 20.3 Å². The van der Waals surface area contributed by atoms with Gasteiger partial charge < -0.3 is 0 Å². The molecule has 0 atom stereocenters. The molecule has 0 fully saturated rings. The zero-order valence-electron chi connectivity index (χ0n) is 32.2. The van der Waals surface area contributed by atoms with Crippen LogP contribution in [0.5, 0.6) is 0 Å². The Hall–Kier alpha value is -7.01. The number of hydrogen-bond donors (Lipinski definition) is 0. The Morgan fingerprint density at radius 2 is 1.10 bits per heavy atom. The van der Waals surface area contributed by atoms with Crippen LogP contribution in [0.2, 0.25) is 0 Å². The average Bonchev–Trinajstić information content (AvgIpc) is 3.85. The van der Waals surface area contributed by atoms with Gasteiger partial charge in [0.15, 0.2) is 0 Å². The van der Waals surface area contributed by atoms with E-state index in [4.69, 9.17) is 5.10 Å². The van der Waals surface area contributed by atoms with Crippen LogP contribution < -0.4 is 0 Å². The van der Waals surface area contributed by atoms with Crippen molar-refractivity contribution in [1.29, 1.82) is 0 Å². The molecule has 0 bridgehead atoms. The predicted octanol–water partition coefficient (Wildman–Crippen LogP) is 14.4. The molecule has 4 heteroatoms. The third kappa shape index (κ3) is 5.44. The molecule has 11 rings (SSSR count). The van der Waals surface area contributed by atoms with E-state index >= 15 is 0 Å². The first-order valence-corrected chi connectivity index (χ1v) is 20.6. The molecular weight excluding hydrogens is 723 g/mol. The zero-order chi connectivity index (χ0) is 38.7. The number of thiophene rings is 1. The molecule has 0 N–H and O–H groups in total. The Morgan fingerprint density at radius 3 is 1.88 bits per heavy atom. The molecule has 8 aromatic carbocycles. The van der Waals surface area contributed by atoms with E-state index < -0.39 is 0 Å². The lowest BCUT2D eigenvalue weighted by Crippen LogP contribution is -2.01. The van der Waals surface area contributed by atoms with Crippen molar-refractivity contribution in [2.24, 2.45) is 0 Å². The molecule has 1 aliphatic carbocycles. The standard InChI is InChI=1S/C54H37N3S/c1-33-31-45-39-21-10-9-19-37(39)32-46(45)50(34(33)2)43-27-28-49-54(42-23-13-14-24-48(42)58-49)52(43)44-26-25-40(36-17-7-4-8-18-36)51(53(44)47-29-30-55-57-56-47)41-22-12-11-20-38(41)35-15-5-3-6-16-35/h3-31H,32H2,1-2H3. The van der Waals surface area contributed by atoms with E-state index in [2.05, 4.69) is 188 Å². The number of aromatic nitrogens is 3. The highest BCUT2D eigenvalue weighted by molar-refractivity contribution is 7.26. The molecule has 58 heavy (non-hydrogen) atoms. The van der Waals surface area contributed by atoms with Gasteiger partial charge in [0.1, 0.15) is 0 Å². The summed E-state index contributed by atoms with van der Waals surface area (Å²) in [5.41, 5.74) is 21.6. The van der Waals surface area contributed by atoms with Crippen LogP contribution in [0.1, 0.15) is 22.3 Å². The van der Waals surface area contributed by atoms with E-state index in [1.807, 2.05) is 17.4 Å². The van der Waals surface area contributed by atoms with Crippen molar-refractivity contribution in [3.63, 3.8) is 0 Å². The summed E-state index contributed by atoms with van der Waals surface area (Å²) < 4.78 is 2.53. The highest BCUT2D eigenvalue weighted by Gasteiger charge is 2.30. The summed E-state index contributed by atoms with van der Waals surface area (Å²) in [4.78, 5) is 0. The van der Waals surface area contributed by atoms with Gasteiger partial charge in [0.25, 0.3) is 0 Å². The van der Waals surface area contributed by atoms with Crippen molar-refractivity contribution < 1.29 is 0 Å². The van der Waals surface area contributed by atoms with E-state index in [1.54, 1.807) is 6.20 Å². The lowest BCUT2D eigenvalue weighted by atomic mass is 9.78. The van der Waals surface area contributed by atoms with Gasteiger partial charge in [0.2, 0.25) is 0 Å². The average molecular weight is 760 g/mol. The zero-order valence-corrected chi connectivity index (χ0v) is 33.0. The maximum atomic E-state index is 4.85. The number of benzene rings is 8. The van der Waals surface area contributed by atoms with Crippen molar-refractivity contribution >= 4 is 31.5 Å². The first-order valence-electron chi connectivity index (χ1n) is 19.8. The van der Waals surface area contributed by atoms with E-state index in [0.717, 1.165) is 56.6 Å². The molecule has 3 nitrogen and oxygen atoms in total. The molecule has 0 spiro atoms. The molecule has 0 saturated carbocycles. The molecular formula is C54H37N3S. The van der Waals surface area contributed by atoms with Crippen molar-refractivity contribution in [3.8, 4) is 78.0 Å². The number of aryl methyl sites for hydroxylation is 1. The number of fused-ring (bicyclic) bond motifs is 6. The largest absolute Gasteiger partial charge is 0.139 e. The summed E-state index contributed by atoms with van der Waals surface area (Å²) in [5, 5.41) is 15.9. The van der Waals surface area contributed by atoms with E-state index in [1.165, 1.54) is 70.2 Å². The number of hydrogen-bond acceptors (Lipinski definition) is 4. The van der Waals surface area contributed by atoms with Crippen LogP contribution in [-0.4, -0.2) is 15.4 Å². The van der Waals surface area contributed by atoms with Crippen LogP contribution >= 0.6 is 11.3 Å². The first-order chi connectivity index (χ1) is 28.6. The summed E-state index contributed by atoms with van der Waals surface area (Å²) in [6.07, 6.45) is 2.67. The second-order valence-electron chi connectivity index (χ2n) is 15.2. The number of rotatable bonds is 6. The van der Waals surface area contributed by atoms with Gasteiger partial charge in [0.05, 0.1) is 11.9 Å². The molecule has 0 amide bonds. The predicted molar refractivity (Wildman–Crippen MR) is 243 cm³/mol. The fourth-order valence-electron chi connectivity index (χ4n) is 9.35. The maximum absolute atomic E-state index is 4.85. The molecule has 10 aromatic rings. The fraction of sp³-hybridized carbons (Fsp3) is 0.0556. The topological polar surface area (TPSA) is 38.7 Å². The van der Waals surface area contributed by atoms with Crippen molar-refractivity contribution in [3.05, 3.63) is 198 Å². The Morgan fingerprint density at radius 1 is 0.466 bits per heavy atom. The van der Waals surface area contributed by atoms with Crippen LogP contribution in [0.25, 0.3) is 98.2 Å². The van der Waals surface area contributed by atoms with Gasteiger partial charge in [-0.05, 0) is 127 Å². The summed E-state index contributed by atoms with van der Waals surface area (Å²) >= 11 is 1.86. The van der Waals surface area contributed by atoms with Crippen LogP contribution in [0.3, 0.4) is 0 Å². The third-order valence-corrected chi connectivity index (χ3v) is 13.2. The Labute approximate surface area is 342 Å². The molecule has 0 radical (unpaired) electrons. The molecule has 0 unspecified atom stereocenters. The summed E-state index contributed by atoms with van der Waals surface area (Å²) in [6.45, 7) is 4.58. The number of nitrogens with zero attached hydrogens (tertiary/aromatic N) is 3. The van der Waals surface area contributed by atoms with Crippen LogP contribution in [0.15, 0.2) is 176 Å². The SMILES string of the molecule is Cc1cc2c(c(-c3ccc4sc5ccccc5c4c3-c3ccc(-c4ccccc4)c(-c4ccccc4-c4ccccc4)c3-c3ccnnn3)c1C)Cc1ccccc1-2. The van der Waals surface area contributed by atoms with Gasteiger partial charge in [-0.2, -0.15) is 0 Å². The van der Waals surface area contributed by atoms with Crippen LogP contribution in [-0.2, 0) is 6.42 Å².